The van der Waals surface area contributed by atoms with Crippen LogP contribution in [0.5, 0.6) is 5.75 Å². The zero-order chi connectivity index (χ0) is 12.0. The molecule has 0 saturated heterocycles. The molecule has 0 radical (unpaired) electrons. The Hall–Kier alpha value is -1.96. The first-order valence-corrected chi connectivity index (χ1v) is 5.12. The second-order valence-corrected chi connectivity index (χ2v) is 3.32. The van der Waals surface area contributed by atoms with Crippen LogP contribution < -0.4 is 10.5 Å². The fourth-order valence-electron chi connectivity index (χ4n) is 1.49. The molecule has 0 fully saturated rings. The smallest absolute Gasteiger partial charge is 0.126 e. The zero-order valence-electron chi connectivity index (χ0n) is 9.73. The van der Waals surface area contributed by atoms with Gasteiger partial charge < -0.3 is 10.5 Å². The van der Waals surface area contributed by atoms with Crippen LogP contribution in [-0.2, 0) is 0 Å². The Morgan fingerprint density at radius 1 is 1.44 bits per heavy atom. The summed E-state index contributed by atoms with van der Waals surface area (Å²) in [5.74, 6) is 0.806. The molecular formula is C14H17NO. The Labute approximate surface area is 96.7 Å². The molecule has 2 heteroatoms. The van der Waals surface area contributed by atoms with Crippen molar-refractivity contribution < 1.29 is 4.74 Å². The molecule has 0 amide bonds. The summed E-state index contributed by atoms with van der Waals surface area (Å²) in [5.41, 5.74) is 8.50. The van der Waals surface area contributed by atoms with E-state index in [9.17, 15) is 0 Å². The van der Waals surface area contributed by atoms with Crippen molar-refractivity contribution in [3.8, 4) is 5.75 Å². The summed E-state index contributed by atoms with van der Waals surface area (Å²) >= 11 is 0. The molecule has 16 heavy (non-hydrogen) atoms. The fraction of sp³-hybridized carbons (Fsp3) is 0.143. The quantitative estimate of drug-likeness (QED) is 0.617. The van der Waals surface area contributed by atoms with Gasteiger partial charge in [0.15, 0.2) is 0 Å². The molecule has 0 unspecified atom stereocenters. The number of benzene rings is 1. The summed E-state index contributed by atoms with van der Waals surface area (Å²) in [6.07, 6.45) is 7.65. The van der Waals surface area contributed by atoms with E-state index in [0.717, 1.165) is 22.6 Å². The lowest BCUT2D eigenvalue weighted by atomic mass is 10.0. The lowest BCUT2D eigenvalue weighted by Crippen LogP contribution is -1.93. The Kier molecular flexibility index (Phi) is 4.40. The van der Waals surface area contributed by atoms with Crippen LogP contribution in [0.2, 0.25) is 0 Å². The summed E-state index contributed by atoms with van der Waals surface area (Å²) < 4.78 is 5.31. The number of anilines is 1. The van der Waals surface area contributed by atoms with Gasteiger partial charge in [-0.2, -0.15) is 0 Å². The normalized spacial score (nSPS) is 11.8. The number of ether oxygens (including phenoxy) is 1. The first-order chi connectivity index (χ1) is 7.72. The predicted octanol–water partition coefficient (Wildman–Crippen LogP) is 3.42. The number of allylic oxidation sites excluding steroid dienone is 5. The minimum absolute atomic E-state index is 0.718. The van der Waals surface area contributed by atoms with Gasteiger partial charge in [-0.3, -0.25) is 0 Å². The second-order valence-electron chi connectivity index (χ2n) is 3.32. The maximum absolute atomic E-state index is 5.78. The van der Waals surface area contributed by atoms with Gasteiger partial charge in [0.05, 0.1) is 7.11 Å². The molecule has 1 aromatic rings. The Bertz CT molecular complexity index is 430. The molecule has 0 heterocycles. The molecular weight excluding hydrogens is 198 g/mol. The van der Waals surface area contributed by atoms with Crippen molar-refractivity contribution >= 4 is 11.3 Å². The van der Waals surface area contributed by atoms with E-state index in [1.165, 1.54) is 0 Å². The van der Waals surface area contributed by atoms with Crippen molar-refractivity contribution in [3.63, 3.8) is 0 Å². The summed E-state index contributed by atoms with van der Waals surface area (Å²) in [7, 11) is 1.65. The van der Waals surface area contributed by atoms with Crippen LogP contribution in [0.4, 0.5) is 5.69 Å². The first-order valence-electron chi connectivity index (χ1n) is 5.12. The van der Waals surface area contributed by atoms with Crippen molar-refractivity contribution in [2.45, 2.75) is 6.92 Å². The average Bonchev–Trinajstić information content (AvgIpc) is 2.29. The number of nitrogens with two attached hydrogens (primary N) is 1. The predicted molar refractivity (Wildman–Crippen MR) is 70.4 cm³/mol. The van der Waals surface area contributed by atoms with Crippen LogP contribution in [0, 0.1) is 0 Å². The average molecular weight is 215 g/mol. The van der Waals surface area contributed by atoms with E-state index in [2.05, 4.69) is 6.58 Å². The molecule has 0 atom stereocenters. The molecule has 0 spiro atoms. The van der Waals surface area contributed by atoms with Crippen LogP contribution >= 0.6 is 0 Å². The maximum atomic E-state index is 5.78. The molecule has 0 aliphatic carbocycles. The van der Waals surface area contributed by atoms with Gasteiger partial charge in [-0.15, -0.1) is 0 Å². The SMILES string of the molecule is C=C/C=C(\C=C/C)c1cc(N)ccc1OC. The number of methoxy groups -OCH3 is 1. The van der Waals surface area contributed by atoms with Crippen LogP contribution in [0.3, 0.4) is 0 Å². The van der Waals surface area contributed by atoms with Gasteiger partial charge in [-0.05, 0) is 30.7 Å². The third-order valence-corrected chi connectivity index (χ3v) is 2.18. The van der Waals surface area contributed by atoms with Gasteiger partial charge in [0.25, 0.3) is 0 Å². The number of hydrogen-bond donors (Lipinski definition) is 1. The van der Waals surface area contributed by atoms with Gasteiger partial charge in [-0.1, -0.05) is 30.9 Å². The van der Waals surface area contributed by atoms with Gasteiger partial charge >= 0.3 is 0 Å². The number of rotatable bonds is 4. The highest BCUT2D eigenvalue weighted by Crippen LogP contribution is 2.29. The van der Waals surface area contributed by atoms with Crippen molar-refractivity contribution in [3.05, 3.63) is 54.6 Å². The molecule has 2 N–H and O–H groups in total. The fourth-order valence-corrected chi connectivity index (χ4v) is 1.49. The molecule has 0 aliphatic rings. The molecule has 1 aromatic carbocycles. The Morgan fingerprint density at radius 3 is 2.75 bits per heavy atom. The van der Waals surface area contributed by atoms with Gasteiger partial charge in [-0.25, -0.2) is 0 Å². The molecule has 84 valence electrons. The lowest BCUT2D eigenvalue weighted by molar-refractivity contribution is 0.413. The van der Waals surface area contributed by atoms with Crippen LogP contribution in [0.25, 0.3) is 5.57 Å². The van der Waals surface area contributed by atoms with E-state index < -0.39 is 0 Å². The molecule has 2 nitrogen and oxygen atoms in total. The number of nitrogen functional groups attached to an aromatic ring is 1. The van der Waals surface area contributed by atoms with E-state index in [1.54, 1.807) is 13.2 Å². The van der Waals surface area contributed by atoms with Crippen molar-refractivity contribution in [2.24, 2.45) is 0 Å². The lowest BCUT2D eigenvalue weighted by Gasteiger charge is -2.10. The molecule has 0 saturated carbocycles. The van der Waals surface area contributed by atoms with E-state index in [-0.39, 0.29) is 0 Å². The van der Waals surface area contributed by atoms with E-state index in [4.69, 9.17) is 10.5 Å². The zero-order valence-corrected chi connectivity index (χ0v) is 9.73. The standard InChI is InChI=1S/C14H17NO/c1-4-6-11(7-5-2)13-10-12(15)8-9-14(13)16-3/h4-10H,1,15H2,2-3H3/b7-5-,11-6+. The highest BCUT2D eigenvalue weighted by molar-refractivity contribution is 5.80. The van der Waals surface area contributed by atoms with Crippen LogP contribution in [0.15, 0.2) is 49.1 Å². The number of hydrogen-bond acceptors (Lipinski definition) is 2. The monoisotopic (exact) mass is 215 g/mol. The van der Waals surface area contributed by atoms with E-state index in [1.807, 2.05) is 43.4 Å². The molecule has 0 bridgehead atoms. The summed E-state index contributed by atoms with van der Waals surface area (Å²) in [4.78, 5) is 0. The van der Waals surface area contributed by atoms with Crippen molar-refractivity contribution in [1.29, 1.82) is 0 Å². The molecule has 0 aromatic heterocycles. The summed E-state index contributed by atoms with van der Waals surface area (Å²) in [6.45, 7) is 5.67. The second kappa shape index (κ2) is 5.81. The highest BCUT2D eigenvalue weighted by Gasteiger charge is 2.05. The van der Waals surface area contributed by atoms with Gasteiger partial charge in [0, 0.05) is 11.3 Å². The Morgan fingerprint density at radius 2 is 2.19 bits per heavy atom. The molecule has 0 aliphatic heterocycles. The summed E-state index contributed by atoms with van der Waals surface area (Å²) in [6, 6.07) is 5.59. The Balaban J connectivity index is 3.32. The maximum Gasteiger partial charge on any atom is 0.126 e. The first kappa shape index (κ1) is 12.1. The van der Waals surface area contributed by atoms with Gasteiger partial charge in [0.2, 0.25) is 0 Å². The third kappa shape index (κ3) is 2.76. The third-order valence-electron chi connectivity index (χ3n) is 2.18. The van der Waals surface area contributed by atoms with Gasteiger partial charge in [0.1, 0.15) is 5.75 Å². The van der Waals surface area contributed by atoms with E-state index >= 15 is 0 Å². The van der Waals surface area contributed by atoms with Crippen LogP contribution in [0.1, 0.15) is 12.5 Å². The summed E-state index contributed by atoms with van der Waals surface area (Å²) in [5, 5.41) is 0. The van der Waals surface area contributed by atoms with E-state index in [0.29, 0.717) is 0 Å². The highest BCUT2D eigenvalue weighted by atomic mass is 16.5. The topological polar surface area (TPSA) is 35.2 Å². The molecule has 1 rings (SSSR count). The largest absolute Gasteiger partial charge is 0.496 e. The van der Waals surface area contributed by atoms with Crippen LogP contribution in [-0.4, -0.2) is 7.11 Å². The minimum Gasteiger partial charge on any atom is -0.496 e. The minimum atomic E-state index is 0.718. The van der Waals surface area contributed by atoms with Crippen molar-refractivity contribution in [1.82, 2.24) is 0 Å². The van der Waals surface area contributed by atoms with Crippen molar-refractivity contribution in [2.75, 3.05) is 12.8 Å².